The quantitative estimate of drug-likeness (QED) is 0.609. The Morgan fingerprint density at radius 2 is 1.94 bits per heavy atom. The van der Waals surface area contributed by atoms with E-state index in [1.807, 2.05) is 18.2 Å². The Kier molecular flexibility index (Phi) is 5.55. The van der Waals surface area contributed by atoms with E-state index in [9.17, 15) is 13.2 Å². The van der Waals surface area contributed by atoms with E-state index in [0.717, 1.165) is 30.1 Å². The van der Waals surface area contributed by atoms with Crippen molar-refractivity contribution in [2.24, 2.45) is 0 Å². The summed E-state index contributed by atoms with van der Waals surface area (Å²) in [5, 5.41) is 4.04. The first-order valence-electron chi connectivity index (χ1n) is 11.4. The van der Waals surface area contributed by atoms with Gasteiger partial charge in [0.05, 0.1) is 10.5 Å². The number of aromatic amines is 1. The molecule has 2 N–H and O–H groups in total. The summed E-state index contributed by atoms with van der Waals surface area (Å²) in [6.07, 6.45) is 9.52. The number of piperidine rings is 2. The standard InChI is InChI=1S/C25H29N3O3S/c1-32(30,31)24-8-3-2-7-20(24)25(29)27-18-9-10-23-21(15-18)22(16-26-23)17-11-13-28-12-5-4-6-19(28)14-17/h2-3,7-10,15-17,19,26H,4-6,11-14H2,1H3,(H,27,29). The van der Waals surface area contributed by atoms with Gasteiger partial charge in [-0.3, -0.25) is 4.79 Å². The molecule has 2 aliphatic rings. The van der Waals surface area contributed by atoms with E-state index in [1.165, 1.54) is 43.9 Å². The van der Waals surface area contributed by atoms with E-state index in [0.29, 0.717) is 17.6 Å². The first-order valence-corrected chi connectivity index (χ1v) is 13.2. The monoisotopic (exact) mass is 451 g/mol. The SMILES string of the molecule is CS(=O)(=O)c1ccccc1C(=O)Nc1ccc2[nH]cc(C3CCN4CCCCC4C3)c2c1. The van der Waals surface area contributed by atoms with Crippen LogP contribution in [0.1, 0.15) is 53.9 Å². The van der Waals surface area contributed by atoms with E-state index < -0.39 is 15.7 Å². The van der Waals surface area contributed by atoms with Crippen LogP contribution in [0.5, 0.6) is 0 Å². The second-order valence-electron chi connectivity index (χ2n) is 9.13. The number of carbonyl (C=O) groups is 1. The lowest BCUT2D eigenvalue weighted by Crippen LogP contribution is -2.44. The molecule has 3 heterocycles. The van der Waals surface area contributed by atoms with Crippen LogP contribution >= 0.6 is 0 Å². The molecule has 2 unspecified atom stereocenters. The number of aromatic nitrogens is 1. The third kappa shape index (κ3) is 4.07. The molecule has 3 aromatic rings. The van der Waals surface area contributed by atoms with Gasteiger partial charge < -0.3 is 15.2 Å². The van der Waals surface area contributed by atoms with Gasteiger partial charge in [0.25, 0.3) is 5.91 Å². The Hall–Kier alpha value is -2.64. The fourth-order valence-corrected chi connectivity index (χ4v) is 6.29. The summed E-state index contributed by atoms with van der Waals surface area (Å²) in [7, 11) is -3.50. The van der Waals surface area contributed by atoms with Gasteiger partial charge in [0.1, 0.15) is 0 Å². The fourth-order valence-electron chi connectivity index (χ4n) is 5.41. The third-order valence-corrected chi connectivity index (χ3v) is 8.17. The summed E-state index contributed by atoms with van der Waals surface area (Å²) in [4.78, 5) is 19.0. The van der Waals surface area contributed by atoms with Crippen LogP contribution in [-0.2, 0) is 9.84 Å². The largest absolute Gasteiger partial charge is 0.361 e. The molecule has 5 rings (SSSR count). The van der Waals surface area contributed by atoms with Gasteiger partial charge in [-0.2, -0.15) is 0 Å². The fraction of sp³-hybridized carbons (Fsp3) is 0.400. The zero-order chi connectivity index (χ0) is 22.3. The Balaban J connectivity index is 1.41. The zero-order valence-electron chi connectivity index (χ0n) is 18.3. The van der Waals surface area contributed by atoms with Crippen molar-refractivity contribution in [1.82, 2.24) is 9.88 Å². The number of fused-ring (bicyclic) bond motifs is 2. The van der Waals surface area contributed by atoms with Gasteiger partial charge in [-0.15, -0.1) is 0 Å². The summed E-state index contributed by atoms with van der Waals surface area (Å²) in [6, 6.07) is 12.8. The van der Waals surface area contributed by atoms with Crippen LogP contribution in [0.2, 0.25) is 0 Å². The van der Waals surface area contributed by atoms with Crippen LogP contribution in [0.3, 0.4) is 0 Å². The Morgan fingerprint density at radius 3 is 2.78 bits per heavy atom. The van der Waals surface area contributed by atoms with E-state index in [-0.39, 0.29) is 10.5 Å². The number of carbonyl (C=O) groups excluding carboxylic acids is 1. The first kappa shape index (κ1) is 21.2. The van der Waals surface area contributed by atoms with E-state index >= 15 is 0 Å². The molecule has 2 atom stereocenters. The molecule has 32 heavy (non-hydrogen) atoms. The van der Waals surface area contributed by atoms with Gasteiger partial charge in [0.15, 0.2) is 9.84 Å². The van der Waals surface area contributed by atoms with E-state index in [1.54, 1.807) is 18.2 Å². The van der Waals surface area contributed by atoms with Crippen molar-refractivity contribution >= 4 is 32.3 Å². The minimum Gasteiger partial charge on any atom is -0.361 e. The molecule has 6 nitrogen and oxygen atoms in total. The number of sulfone groups is 1. The highest BCUT2D eigenvalue weighted by molar-refractivity contribution is 7.90. The van der Waals surface area contributed by atoms with Crippen LogP contribution in [0, 0.1) is 0 Å². The topological polar surface area (TPSA) is 82.3 Å². The summed E-state index contributed by atoms with van der Waals surface area (Å²) in [6.45, 7) is 2.39. The Bertz CT molecular complexity index is 1260. The predicted octanol–water partition coefficient (Wildman–Crippen LogP) is 4.56. The predicted molar refractivity (Wildman–Crippen MR) is 127 cm³/mol. The number of H-pyrrole nitrogens is 1. The van der Waals surface area contributed by atoms with Crippen molar-refractivity contribution in [1.29, 1.82) is 0 Å². The average Bonchev–Trinajstić information content (AvgIpc) is 3.21. The lowest BCUT2D eigenvalue weighted by atomic mass is 9.82. The highest BCUT2D eigenvalue weighted by atomic mass is 32.2. The van der Waals surface area contributed by atoms with Crippen molar-refractivity contribution in [2.45, 2.75) is 49.0 Å². The van der Waals surface area contributed by atoms with Crippen molar-refractivity contribution in [3.8, 4) is 0 Å². The third-order valence-electron chi connectivity index (χ3n) is 7.01. The van der Waals surface area contributed by atoms with Crippen LogP contribution in [0.15, 0.2) is 53.6 Å². The highest BCUT2D eigenvalue weighted by Gasteiger charge is 2.31. The Morgan fingerprint density at radius 1 is 1.09 bits per heavy atom. The van der Waals surface area contributed by atoms with E-state index in [4.69, 9.17) is 0 Å². The molecule has 7 heteroatoms. The second kappa shape index (κ2) is 8.37. The zero-order valence-corrected chi connectivity index (χ0v) is 19.1. The minimum atomic E-state index is -3.50. The molecule has 1 aromatic heterocycles. The molecule has 2 saturated heterocycles. The lowest BCUT2D eigenvalue weighted by Gasteiger charge is -2.42. The molecule has 0 bridgehead atoms. The molecule has 2 aromatic carbocycles. The maximum Gasteiger partial charge on any atom is 0.256 e. The smallest absolute Gasteiger partial charge is 0.256 e. The maximum absolute atomic E-state index is 12.9. The summed E-state index contributed by atoms with van der Waals surface area (Å²) >= 11 is 0. The maximum atomic E-state index is 12.9. The van der Waals surface area contributed by atoms with Gasteiger partial charge in [0, 0.05) is 35.1 Å². The molecule has 0 aliphatic carbocycles. The molecule has 0 radical (unpaired) electrons. The van der Waals surface area contributed by atoms with Gasteiger partial charge >= 0.3 is 0 Å². The lowest BCUT2D eigenvalue weighted by molar-refractivity contribution is 0.0977. The molecule has 2 fully saturated rings. The number of hydrogen-bond donors (Lipinski definition) is 2. The van der Waals surface area contributed by atoms with Crippen molar-refractivity contribution in [3.05, 3.63) is 59.8 Å². The Labute approximate surface area is 188 Å². The second-order valence-corrected chi connectivity index (χ2v) is 11.1. The molecule has 1 amide bonds. The van der Waals surface area contributed by atoms with Crippen molar-refractivity contribution in [3.63, 3.8) is 0 Å². The summed E-state index contributed by atoms with van der Waals surface area (Å²) in [5.74, 6) is 0.0954. The molecule has 168 valence electrons. The summed E-state index contributed by atoms with van der Waals surface area (Å²) in [5.41, 5.74) is 3.20. The molecular formula is C25H29N3O3S. The molecule has 2 aliphatic heterocycles. The van der Waals surface area contributed by atoms with Crippen LogP contribution in [0.25, 0.3) is 10.9 Å². The van der Waals surface area contributed by atoms with Gasteiger partial charge in [-0.05, 0) is 80.6 Å². The number of benzene rings is 2. The number of rotatable bonds is 4. The van der Waals surface area contributed by atoms with Crippen LogP contribution in [0.4, 0.5) is 5.69 Å². The molecule has 0 saturated carbocycles. The van der Waals surface area contributed by atoms with Gasteiger partial charge in [-0.1, -0.05) is 18.6 Å². The van der Waals surface area contributed by atoms with Crippen molar-refractivity contribution < 1.29 is 13.2 Å². The normalized spacial score (nSPS) is 21.9. The van der Waals surface area contributed by atoms with Gasteiger partial charge in [-0.25, -0.2) is 8.42 Å². The number of nitrogens with zero attached hydrogens (tertiary/aromatic N) is 1. The highest BCUT2D eigenvalue weighted by Crippen LogP contribution is 2.39. The number of amides is 1. The first-order chi connectivity index (χ1) is 15.4. The minimum absolute atomic E-state index is 0.0418. The number of nitrogens with one attached hydrogen (secondary N) is 2. The molecule has 0 spiro atoms. The number of hydrogen-bond acceptors (Lipinski definition) is 4. The summed E-state index contributed by atoms with van der Waals surface area (Å²) < 4.78 is 24.2. The van der Waals surface area contributed by atoms with Crippen molar-refractivity contribution in [2.75, 3.05) is 24.7 Å². The van der Waals surface area contributed by atoms with Crippen LogP contribution in [-0.4, -0.2) is 49.6 Å². The van der Waals surface area contributed by atoms with Gasteiger partial charge in [0.2, 0.25) is 0 Å². The number of anilines is 1. The van der Waals surface area contributed by atoms with Crippen LogP contribution < -0.4 is 5.32 Å². The van der Waals surface area contributed by atoms with E-state index in [2.05, 4.69) is 21.4 Å². The molecular weight excluding hydrogens is 422 g/mol. The average molecular weight is 452 g/mol.